The molecule has 1 aliphatic rings. The van der Waals surface area contributed by atoms with Gasteiger partial charge in [0.25, 0.3) is 0 Å². The van der Waals surface area contributed by atoms with Crippen molar-refractivity contribution in [2.45, 2.75) is 33.6 Å². The largest absolute Gasteiger partial charge is 0.396 e. The van der Waals surface area contributed by atoms with Gasteiger partial charge in [-0.1, -0.05) is 20.8 Å². The Morgan fingerprint density at radius 3 is 2.67 bits per heavy atom. The van der Waals surface area contributed by atoms with Gasteiger partial charge in [-0.25, -0.2) is 0 Å². The molecule has 0 spiro atoms. The molecule has 88 valence electrons. The van der Waals surface area contributed by atoms with E-state index in [2.05, 4.69) is 4.90 Å². The zero-order chi connectivity index (χ0) is 11.5. The fourth-order valence-electron chi connectivity index (χ4n) is 1.88. The number of likely N-dealkylation sites (tertiary alicyclic amines) is 1. The van der Waals surface area contributed by atoms with E-state index in [1.54, 1.807) is 0 Å². The minimum absolute atomic E-state index is 0.244. The third-order valence-electron chi connectivity index (χ3n) is 3.07. The summed E-state index contributed by atoms with van der Waals surface area (Å²) in [5.41, 5.74) is -0.244. The first kappa shape index (κ1) is 12.7. The van der Waals surface area contributed by atoms with Gasteiger partial charge in [-0.2, -0.15) is 0 Å². The summed E-state index contributed by atoms with van der Waals surface area (Å²) in [7, 11) is 0. The summed E-state index contributed by atoms with van der Waals surface area (Å²) in [6.45, 7) is 8.55. The van der Waals surface area contributed by atoms with Gasteiger partial charge in [-0.3, -0.25) is 9.69 Å². The molecule has 0 saturated carbocycles. The predicted molar refractivity (Wildman–Crippen MR) is 60.7 cm³/mol. The van der Waals surface area contributed by atoms with E-state index in [0.717, 1.165) is 25.9 Å². The lowest BCUT2D eigenvalue weighted by molar-refractivity contribution is -0.128. The normalized spacial score (nSPS) is 24.1. The molecule has 1 heterocycles. The number of piperidine rings is 1. The monoisotopic (exact) mass is 213 g/mol. The summed E-state index contributed by atoms with van der Waals surface area (Å²) in [6, 6.07) is 0. The Kier molecular flexibility index (Phi) is 4.29. The molecule has 3 nitrogen and oxygen atoms in total. The Hall–Kier alpha value is -0.410. The summed E-state index contributed by atoms with van der Waals surface area (Å²) in [4.78, 5) is 14.0. The van der Waals surface area contributed by atoms with Crippen molar-refractivity contribution in [1.29, 1.82) is 0 Å². The molecule has 0 aromatic rings. The van der Waals surface area contributed by atoms with Gasteiger partial charge in [-0.15, -0.1) is 0 Å². The number of hydrogen-bond donors (Lipinski definition) is 1. The molecule has 1 aliphatic heterocycles. The minimum atomic E-state index is -0.244. The van der Waals surface area contributed by atoms with Crippen LogP contribution < -0.4 is 0 Å². The molecular weight excluding hydrogens is 190 g/mol. The smallest absolute Gasteiger partial charge is 0.152 e. The van der Waals surface area contributed by atoms with E-state index < -0.39 is 0 Å². The van der Waals surface area contributed by atoms with E-state index in [0.29, 0.717) is 18.2 Å². The SMILES string of the molecule is CC(C)(C)C(=O)CN1CCC[C@@H](CO)C1. The summed E-state index contributed by atoms with van der Waals surface area (Å²) in [6.07, 6.45) is 2.19. The average molecular weight is 213 g/mol. The Morgan fingerprint density at radius 1 is 1.47 bits per heavy atom. The first-order valence-corrected chi connectivity index (χ1v) is 5.80. The van der Waals surface area contributed by atoms with Gasteiger partial charge in [0.15, 0.2) is 5.78 Å². The van der Waals surface area contributed by atoms with Crippen LogP contribution >= 0.6 is 0 Å². The number of ketones is 1. The van der Waals surface area contributed by atoms with Crippen LogP contribution in [0.4, 0.5) is 0 Å². The third-order valence-corrected chi connectivity index (χ3v) is 3.07. The topological polar surface area (TPSA) is 40.5 Å². The van der Waals surface area contributed by atoms with E-state index in [-0.39, 0.29) is 12.0 Å². The van der Waals surface area contributed by atoms with Crippen LogP contribution in [0.2, 0.25) is 0 Å². The number of nitrogens with zero attached hydrogens (tertiary/aromatic N) is 1. The maximum Gasteiger partial charge on any atom is 0.152 e. The zero-order valence-electron chi connectivity index (χ0n) is 10.1. The molecule has 1 N–H and O–H groups in total. The highest BCUT2D eigenvalue weighted by Gasteiger charge is 2.26. The van der Waals surface area contributed by atoms with Crippen molar-refractivity contribution in [2.24, 2.45) is 11.3 Å². The lowest BCUT2D eigenvalue weighted by Gasteiger charge is -2.32. The van der Waals surface area contributed by atoms with Crippen LogP contribution in [0.3, 0.4) is 0 Å². The molecule has 3 heteroatoms. The van der Waals surface area contributed by atoms with E-state index in [4.69, 9.17) is 5.11 Å². The second-order valence-corrected chi connectivity index (χ2v) is 5.60. The first-order valence-electron chi connectivity index (χ1n) is 5.80. The van der Waals surface area contributed by atoms with E-state index >= 15 is 0 Å². The van der Waals surface area contributed by atoms with Crippen molar-refractivity contribution in [3.05, 3.63) is 0 Å². The highest BCUT2D eigenvalue weighted by Crippen LogP contribution is 2.19. The Morgan fingerprint density at radius 2 is 2.13 bits per heavy atom. The van der Waals surface area contributed by atoms with E-state index in [9.17, 15) is 4.79 Å². The summed E-state index contributed by atoms with van der Waals surface area (Å²) >= 11 is 0. The van der Waals surface area contributed by atoms with Crippen LogP contribution in [0.15, 0.2) is 0 Å². The predicted octanol–water partition coefficient (Wildman–Crippen LogP) is 1.31. The molecule has 0 aliphatic carbocycles. The number of rotatable bonds is 3. The number of carbonyl (C=O) groups is 1. The van der Waals surface area contributed by atoms with Gasteiger partial charge in [0.1, 0.15) is 0 Å². The lowest BCUT2D eigenvalue weighted by atomic mass is 9.89. The number of aliphatic hydroxyl groups is 1. The summed E-state index contributed by atoms with van der Waals surface area (Å²) < 4.78 is 0. The van der Waals surface area contributed by atoms with Crippen LogP contribution in [0.1, 0.15) is 33.6 Å². The van der Waals surface area contributed by atoms with Crippen LogP contribution in [0.5, 0.6) is 0 Å². The highest BCUT2D eigenvalue weighted by atomic mass is 16.3. The van der Waals surface area contributed by atoms with Crippen molar-refractivity contribution >= 4 is 5.78 Å². The van der Waals surface area contributed by atoms with Gasteiger partial charge in [0.05, 0.1) is 6.54 Å². The number of aliphatic hydroxyl groups excluding tert-OH is 1. The number of carbonyl (C=O) groups excluding carboxylic acids is 1. The first-order chi connectivity index (χ1) is 6.93. The van der Waals surface area contributed by atoms with Crippen molar-refractivity contribution in [3.8, 4) is 0 Å². The second kappa shape index (κ2) is 5.08. The standard InChI is InChI=1S/C12H23NO2/c1-12(2,3)11(15)8-13-6-4-5-10(7-13)9-14/h10,14H,4-9H2,1-3H3/t10-/m1/s1. The second-order valence-electron chi connectivity index (χ2n) is 5.60. The lowest BCUT2D eigenvalue weighted by Crippen LogP contribution is -2.42. The maximum atomic E-state index is 11.8. The zero-order valence-corrected chi connectivity index (χ0v) is 10.1. The fourth-order valence-corrected chi connectivity index (χ4v) is 1.88. The van der Waals surface area contributed by atoms with Crippen LogP contribution in [-0.4, -0.2) is 42.0 Å². The molecule has 0 bridgehead atoms. The summed E-state index contributed by atoms with van der Waals surface area (Å²) in [5.74, 6) is 0.660. The maximum absolute atomic E-state index is 11.8. The fraction of sp³-hybridized carbons (Fsp3) is 0.917. The van der Waals surface area contributed by atoms with E-state index in [1.165, 1.54) is 0 Å². The highest BCUT2D eigenvalue weighted by molar-refractivity contribution is 5.85. The quantitative estimate of drug-likeness (QED) is 0.768. The van der Waals surface area contributed by atoms with Crippen molar-refractivity contribution in [1.82, 2.24) is 4.90 Å². The Labute approximate surface area is 92.5 Å². The molecule has 1 rings (SSSR count). The minimum Gasteiger partial charge on any atom is -0.396 e. The van der Waals surface area contributed by atoms with E-state index in [1.807, 2.05) is 20.8 Å². The molecule has 15 heavy (non-hydrogen) atoms. The van der Waals surface area contributed by atoms with Gasteiger partial charge in [0.2, 0.25) is 0 Å². The molecule has 0 amide bonds. The molecule has 0 aromatic heterocycles. The van der Waals surface area contributed by atoms with Crippen LogP contribution in [-0.2, 0) is 4.79 Å². The molecule has 0 unspecified atom stereocenters. The number of Topliss-reactive ketones (excluding diaryl/α,β-unsaturated/α-hetero) is 1. The van der Waals surface area contributed by atoms with Gasteiger partial charge >= 0.3 is 0 Å². The van der Waals surface area contributed by atoms with Gasteiger partial charge < -0.3 is 5.11 Å². The van der Waals surface area contributed by atoms with Crippen molar-refractivity contribution in [3.63, 3.8) is 0 Å². The average Bonchev–Trinajstić information content (AvgIpc) is 2.16. The van der Waals surface area contributed by atoms with Gasteiger partial charge in [0, 0.05) is 18.6 Å². The number of hydrogen-bond acceptors (Lipinski definition) is 3. The van der Waals surface area contributed by atoms with Crippen molar-refractivity contribution < 1.29 is 9.90 Å². The Bertz CT molecular complexity index is 220. The van der Waals surface area contributed by atoms with Crippen LogP contribution in [0, 0.1) is 11.3 Å². The molecule has 1 saturated heterocycles. The Balaban J connectivity index is 2.41. The molecule has 0 aromatic carbocycles. The molecular formula is C12H23NO2. The molecule has 1 atom stereocenters. The van der Waals surface area contributed by atoms with Crippen molar-refractivity contribution in [2.75, 3.05) is 26.2 Å². The van der Waals surface area contributed by atoms with Gasteiger partial charge in [-0.05, 0) is 25.3 Å². The van der Waals surface area contributed by atoms with Crippen LogP contribution in [0.25, 0.3) is 0 Å². The summed E-state index contributed by atoms with van der Waals surface area (Å²) in [5, 5.41) is 9.09. The molecule has 0 radical (unpaired) electrons. The molecule has 1 fully saturated rings. The third kappa shape index (κ3) is 3.92.